The predicted octanol–water partition coefficient (Wildman–Crippen LogP) is 2.84. The van der Waals surface area contributed by atoms with E-state index in [1.54, 1.807) is 0 Å². The van der Waals surface area contributed by atoms with Crippen molar-refractivity contribution in [3.63, 3.8) is 0 Å². The van der Waals surface area contributed by atoms with E-state index in [0.717, 1.165) is 38.1 Å². The number of hydrogen-bond acceptors (Lipinski definition) is 3. The summed E-state index contributed by atoms with van der Waals surface area (Å²) >= 11 is 0. The highest BCUT2D eigenvalue weighted by molar-refractivity contribution is 5.74. The molecule has 0 unspecified atom stereocenters. The lowest BCUT2D eigenvalue weighted by atomic mass is 9.90. The lowest BCUT2D eigenvalue weighted by Gasteiger charge is -2.35. The molecular weight excluding hydrogens is 304 g/mol. The molecule has 0 aromatic heterocycles. The van der Waals surface area contributed by atoms with Gasteiger partial charge in [-0.1, -0.05) is 12.1 Å². The summed E-state index contributed by atoms with van der Waals surface area (Å²) in [6.45, 7) is 5.76. The molecule has 1 aromatic rings. The van der Waals surface area contributed by atoms with Gasteiger partial charge < -0.3 is 19.7 Å². The van der Waals surface area contributed by atoms with E-state index in [1.807, 2.05) is 11.8 Å². The number of aryl methyl sites for hydroxylation is 1. The Balaban J connectivity index is 1.36. The van der Waals surface area contributed by atoms with Crippen LogP contribution in [0.3, 0.4) is 0 Å². The van der Waals surface area contributed by atoms with Gasteiger partial charge in [0, 0.05) is 13.1 Å². The van der Waals surface area contributed by atoms with Gasteiger partial charge in [-0.3, -0.25) is 0 Å². The minimum atomic E-state index is 0.0771. The summed E-state index contributed by atoms with van der Waals surface area (Å²) in [7, 11) is 0. The number of likely N-dealkylation sites (tertiary alicyclic amines) is 1. The van der Waals surface area contributed by atoms with E-state index in [1.165, 1.54) is 12.0 Å². The Hall–Kier alpha value is -1.75. The Bertz CT molecular complexity index is 520. The largest absolute Gasteiger partial charge is 0.494 e. The monoisotopic (exact) mass is 332 g/mol. The molecule has 1 N–H and O–H groups in total. The van der Waals surface area contributed by atoms with Gasteiger partial charge in [-0.25, -0.2) is 4.79 Å². The number of carbonyl (C=O) groups is 1. The molecule has 2 aliphatic heterocycles. The van der Waals surface area contributed by atoms with Gasteiger partial charge in [0.15, 0.2) is 0 Å². The molecule has 3 rings (SSSR count). The lowest BCUT2D eigenvalue weighted by Crippen LogP contribution is -2.54. The summed E-state index contributed by atoms with van der Waals surface area (Å²) in [6.07, 6.45) is 4.50. The summed E-state index contributed by atoms with van der Waals surface area (Å²) in [6, 6.07) is 8.72. The van der Waals surface area contributed by atoms with Crippen molar-refractivity contribution in [3.8, 4) is 5.75 Å². The third kappa shape index (κ3) is 4.63. The average molecular weight is 332 g/mol. The predicted molar refractivity (Wildman–Crippen MR) is 93.4 cm³/mol. The zero-order valence-electron chi connectivity index (χ0n) is 14.5. The first-order chi connectivity index (χ1) is 11.7. The maximum absolute atomic E-state index is 12.1. The number of amides is 2. The van der Waals surface area contributed by atoms with E-state index in [-0.39, 0.29) is 12.1 Å². The van der Waals surface area contributed by atoms with Crippen LogP contribution in [0.25, 0.3) is 0 Å². The smallest absolute Gasteiger partial charge is 0.317 e. The van der Waals surface area contributed by atoms with Gasteiger partial charge >= 0.3 is 6.03 Å². The van der Waals surface area contributed by atoms with Gasteiger partial charge in [-0.15, -0.1) is 0 Å². The molecule has 2 aliphatic rings. The Kier molecular flexibility index (Phi) is 5.96. The molecule has 5 heteroatoms. The second-order valence-corrected chi connectivity index (χ2v) is 6.73. The standard InChI is InChI=1S/C19H28N2O3/c1-2-24-18-7-5-15(6-8-18)3-4-16-9-11-21(12-10-16)19(22)20-17-13-23-14-17/h5-8,16-17H,2-4,9-14H2,1H3,(H,20,22). The highest BCUT2D eigenvalue weighted by atomic mass is 16.5. The van der Waals surface area contributed by atoms with Crippen LogP contribution < -0.4 is 10.1 Å². The highest BCUT2D eigenvalue weighted by Gasteiger charge is 2.26. The minimum absolute atomic E-state index is 0.0771. The van der Waals surface area contributed by atoms with E-state index < -0.39 is 0 Å². The molecule has 0 radical (unpaired) electrons. The van der Waals surface area contributed by atoms with Crippen molar-refractivity contribution in [2.45, 2.75) is 38.6 Å². The van der Waals surface area contributed by atoms with Crippen LogP contribution in [0, 0.1) is 5.92 Å². The number of rotatable bonds is 6. The van der Waals surface area contributed by atoms with Crippen LogP contribution in [0.5, 0.6) is 5.75 Å². The molecule has 0 bridgehead atoms. The summed E-state index contributed by atoms with van der Waals surface area (Å²) < 4.78 is 10.6. The van der Waals surface area contributed by atoms with Crippen molar-refractivity contribution in [1.82, 2.24) is 10.2 Å². The highest BCUT2D eigenvalue weighted by Crippen LogP contribution is 2.23. The minimum Gasteiger partial charge on any atom is -0.494 e. The average Bonchev–Trinajstić information content (AvgIpc) is 2.58. The van der Waals surface area contributed by atoms with Gasteiger partial charge in [0.25, 0.3) is 0 Å². The number of nitrogens with zero attached hydrogens (tertiary/aromatic N) is 1. The van der Waals surface area contributed by atoms with Crippen molar-refractivity contribution in [3.05, 3.63) is 29.8 Å². The third-order valence-electron chi connectivity index (χ3n) is 4.94. The fraction of sp³-hybridized carbons (Fsp3) is 0.632. The van der Waals surface area contributed by atoms with Crippen LogP contribution in [-0.2, 0) is 11.2 Å². The molecule has 0 atom stereocenters. The number of nitrogens with one attached hydrogen (secondary N) is 1. The van der Waals surface area contributed by atoms with Crippen molar-refractivity contribution in [2.24, 2.45) is 5.92 Å². The molecule has 5 nitrogen and oxygen atoms in total. The number of hydrogen-bond donors (Lipinski definition) is 1. The summed E-state index contributed by atoms with van der Waals surface area (Å²) in [4.78, 5) is 14.1. The molecule has 2 saturated heterocycles. The Morgan fingerprint density at radius 3 is 2.54 bits per heavy atom. The maximum atomic E-state index is 12.1. The topological polar surface area (TPSA) is 50.8 Å². The molecule has 2 amide bonds. The van der Waals surface area contributed by atoms with E-state index in [2.05, 4.69) is 29.6 Å². The van der Waals surface area contributed by atoms with Crippen LogP contribution in [0.2, 0.25) is 0 Å². The maximum Gasteiger partial charge on any atom is 0.317 e. The quantitative estimate of drug-likeness (QED) is 0.871. The van der Waals surface area contributed by atoms with Crippen molar-refractivity contribution in [1.29, 1.82) is 0 Å². The Morgan fingerprint density at radius 1 is 1.25 bits per heavy atom. The van der Waals surface area contributed by atoms with Crippen LogP contribution >= 0.6 is 0 Å². The van der Waals surface area contributed by atoms with Crippen molar-refractivity contribution >= 4 is 6.03 Å². The van der Waals surface area contributed by atoms with Crippen LogP contribution in [0.4, 0.5) is 4.79 Å². The van der Waals surface area contributed by atoms with E-state index in [9.17, 15) is 4.79 Å². The first-order valence-electron chi connectivity index (χ1n) is 9.09. The molecule has 0 spiro atoms. The number of benzene rings is 1. The Labute approximate surface area is 144 Å². The molecule has 132 valence electrons. The van der Waals surface area contributed by atoms with Gasteiger partial charge in [0.05, 0.1) is 25.9 Å². The summed E-state index contributed by atoms with van der Waals surface area (Å²) in [5.41, 5.74) is 1.36. The fourth-order valence-electron chi connectivity index (χ4n) is 3.30. The Morgan fingerprint density at radius 2 is 1.96 bits per heavy atom. The molecular formula is C19H28N2O3. The molecule has 0 saturated carbocycles. The van der Waals surface area contributed by atoms with Gasteiger partial charge in [-0.2, -0.15) is 0 Å². The van der Waals surface area contributed by atoms with Gasteiger partial charge in [0.1, 0.15) is 5.75 Å². The summed E-state index contributed by atoms with van der Waals surface area (Å²) in [5.74, 6) is 1.66. The number of ether oxygens (including phenoxy) is 2. The third-order valence-corrected chi connectivity index (χ3v) is 4.94. The number of urea groups is 1. The van der Waals surface area contributed by atoms with E-state index in [0.29, 0.717) is 25.7 Å². The summed E-state index contributed by atoms with van der Waals surface area (Å²) in [5, 5.41) is 3.02. The number of carbonyl (C=O) groups excluding carboxylic acids is 1. The molecule has 0 aliphatic carbocycles. The van der Waals surface area contributed by atoms with E-state index in [4.69, 9.17) is 9.47 Å². The van der Waals surface area contributed by atoms with Crippen LogP contribution in [0.15, 0.2) is 24.3 Å². The van der Waals surface area contributed by atoms with Crippen molar-refractivity contribution < 1.29 is 14.3 Å². The van der Waals surface area contributed by atoms with Crippen LogP contribution in [0.1, 0.15) is 31.7 Å². The molecule has 1 aromatic carbocycles. The zero-order chi connectivity index (χ0) is 16.8. The SMILES string of the molecule is CCOc1ccc(CCC2CCN(C(=O)NC3COC3)CC2)cc1. The number of piperidine rings is 1. The van der Waals surface area contributed by atoms with Gasteiger partial charge in [0.2, 0.25) is 0 Å². The zero-order valence-corrected chi connectivity index (χ0v) is 14.5. The molecule has 24 heavy (non-hydrogen) atoms. The second-order valence-electron chi connectivity index (χ2n) is 6.73. The molecule has 2 fully saturated rings. The molecule has 2 heterocycles. The first kappa shape index (κ1) is 17.1. The normalized spacial score (nSPS) is 19.0. The van der Waals surface area contributed by atoms with Crippen LogP contribution in [-0.4, -0.2) is 49.9 Å². The lowest BCUT2D eigenvalue weighted by molar-refractivity contribution is -0.00258. The van der Waals surface area contributed by atoms with E-state index >= 15 is 0 Å². The second kappa shape index (κ2) is 8.38. The van der Waals surface area contributed by atoms with Crippen molar-refractivity contribution in [2.75, 3.05) is 32.9 Å². The van der Waals surface area contributed by atoms with Gasteiger partial charge in [-0.05, 0) is 56.2 Å². The first-order valence-corrected chi connectivity index (χ1v) is 9.09. The fourth-order valence-corrected chi connectivity index (χ4v) is 3.30.